The first kappa shape index (κ1) is 21.7. The molecule has 0 atom stereocenters. The second-order valence-electron chi connectivity index (χ2n) is 7.67. The van der Waals surface area contributed by atoms with Crippen LogP contribution in [0.15, 0.2) is 67.1 Å². The van der Waals surface area contributed by atoms with Crippen molar-refractivity contribution in [1.82, 2.24) is 14.4 Å². The van der Waals surface area contributed by atoms with E-state index in [1.54, 1.807) is 53.3 Å². The van der Waals surface area contributed by atoms with E-state index in [1.807, 2.05) is 32.0 Å². The van der Waals surface area contributed by atoms with Crippen molar-refractivity contribution in [3.05, 3.63) is 83.9 Å². The summed E-state index contributed by atoms with van der Waals surface area (Å²) in [6.07, 6.45) is 4.60. The van der Waals surface area contributed by atoms with E-state index in [-0.39, 0.29) is 17.2 Å². The Morgan fingerprint density at radius 2 is 1.84 bits per heavy atom. The standard InChI is InChI=1S/C24H24N4O3S/c1-3-4-14-32(30,31)27-20-7-5-6-19(15-20)21-12-13-25-24-22(26-16-28(21)24)23(29)18-10-8-17(2)9-11-18/h5-13,15-16,27H,3-4,14H2,1-2H3. The molecular formula is C24H24N4O3S. The van der Waals surface area contributed by atoms with Gasteiger partial charge in [0.05, 0.1) is 11.4 Å². The summed E-state index contributed by atoms with van der Waals surface area (Å²) in [4.78, 5) is 21.7. The van der Waals surface area contributed by atoms with Crippen molar-refractivity contribution in [2.45, 2.75) is 26.7 Å². The largest absolute Gasteiger partial charge is 0.287 e. The smallest absolute Gasteiger partial charge is 0.232 e. The van der Waals surface area contributed by atoms with Gasteiger partial charge in [0.1, 0.15) is 6.33 Å². The number of carbonyl (C=O) groups is 1. The number of nitrogens with zero attached hydrogens (tertiary/aromatic N) is 3. The second kappa shape index (κ2) is 8.92. The first-order valence-corrected chi connectivity index (χ1v) is 12.1. The van der Waals surface area contributed by atoms with E-state index in [0.29, 0.717) is 23.3 Å². The molecule has 8 heteroatoms. The van der Waals surface area contributed by atoms with Crippen molar-refractivity contribution in [3.8, 4) is 11.3 Å². The zero-order valence-corrected chi connectivity index (χ0v) is 18.8. The van der Waals surface area contributed by atoms with Gasteiger partial charge in [0.2, 0.25) is 15.8 Å². The molecule has 2 aromatic carbocycles. The number of aryl methyl sites for hydroxylation is 1. The van der Waals surface area contributed by atoms with Crippen LogP contribution in [0, 0.1) is 6.92 Å². The molecule has 0 saturated heterocycles. The number of ketones is 1. The highest BCUT2D eigenvalue weighted by Gasteiger charge is 2.18. The molecule has 0 unspecified atom stereocenters. The molecule has 7 nitrogen and oxygen atoms in total. The van der Waals surface area contributed by atoms with Crippen LogP contribution in [-0.4, -0.2) is 34.3 Å². The van der Waals surface area contributed by atoms with Gasteiger partial charge in [-0.25, -0.2) is 18.4 Å². The van der Waals surface area contributed by atoms with Crippen molar-refractivity contribution in [2.75, 3.05) is 10.5 Å². The van der Waals surface area contributed by atoms with Gasteiger partial charge < -0.3 is 0 Å². The van der Waals surface area contributed by atoms with Crippen molar-refractivity contribution in [2.24, 2.45) is 0 Å². The number of rotatable bonds is 8. The Labute approximate surface area is 187 Å². The Morgan fingerprint density at radius 1 is 1.06 bits per heavy atom. The fourth-order valence-corrected chi connectivity index (χ4v) is 4.70. The number of imidazole rings is 1. The molecule has 0 aliphatic carbocycles. The van der Waals surface area contributed by atoms with Crippen LogP contribution in [0.25, 0.3) is 16.9 Å². The molecule has 0 aliphatic heterocycles. The number of fused-ring (bicyclic) bond motifs is 1. The molecule has 164 valence electrons. The molecule has 0 saturated carbocycles. The summed E-state index contributed by atoms with van der Waals surface area (Å²) < 4.78 is 28.9. The molecule has 0 aliphatic rings. The number of anilines is 1. The zero-order valence-electron chi connectivity index (χ0n) is 17.9. The minimum absolute atomic E-state index is 0.0826. The van der Waals surface area contributed by atoms with Crippen LogP contribution < -0.4 is 4.72 Å². The molecule has 2 aromatic heterocycles. The highest BCUT2D eigenvalue weighted by Crippen LogP contribution is 2.25. The van der Waals surface area contributed by atoms with Gasteiger partial charge in [-0.1, -0.05) is 55.3 Å². The van der Waals surface area contributed by atoms with Crippen LogP contribution in [0.2, 0.25) is 0 Å². The van der Waals surface area contributed by atoms with Gasteiger partial charge >= 0.3 is 0 Å². The van der Waals surface area contributed by atoms with Crippen molar-refractivity contribution in [1.29, 1.82) is 0 Å². The summed E-state index contributed by atoms with van der Waals surface area (Å²) in [6.45, 7) is 3.92. The lowest BCUT2D eigenvalue weighted by Crippen LogP contribution is -2.16. The van der Waals surface area contributed by atoms with Gasteiger partial charge in [0.15, 0.2) is 11.3 Å². The van der Waals surface area contributed by atoms with Crippen molar-refractivity contribution >= 4 is 27.1 Å². The number of benzene rings is 2. The average Bonchev–Trinajstić information content (AvgIpc) is 3.22. The highest BCUT2D eigenvalue weighted by atomic mass is 32.2. The van der Waals surface area contributed by atoms with Crippen LogP contribution >= 0.6 is 0 Å². The fraction of sp³-hybridized carbons (Fsp3) is 0.208. The zero-order chi connectivity index (χ0) is 22.7. The SMILES string of the molecule is CCCCS(=O)(=O)Nc1cccc(-c2ccnc3c(C(=O)c4ccc(C)cc4)ncn23)c1. The molecule has 0 bridgehead atoms. The number of unbranched alkanes of at least 4 members (excludes halogenated alkanes) is 1. The molecule has 0 spiro atoms. The maximum absolute atomic E-state index is 13.0. The van der Waals surface area contributed by atoms with E-state index in [9.17, 15) is 13.2 Å². The monoisotopic (exact) mass is 448 g/mol. The average molecular weight is 449 g/mol. The quantitative estimate of drug-likeness (QED) is 0.401. The molecule has 0 radical (unpaired) electrons. The number of nitrogens with one attached hydrogen (secondary N) is 1. The molecule has 2 heterocycles. The normalized spacial score (nSPS) is 11.6. The topological polar surface area (TPSA) is 93.4 Å². The molecular weight excluding hydrogens is 424 g/mol. The van der Waals surface area contributed by atoms with Gasteiger partial charge in [-0.05, 0) is 31.5 Å². The van der Waals surface area contributed by atoms with E-state index >= 15 is 0 Å². The van der Waals surface area contributed by atoms with E-state index in [4.69, 9.17) is 0 Å². The minimum atomic E-state index is -3.41. The molecule has 4 rings (SSSR count). The Bertz CT molecular complexity index is 1380. The van der Waals surface area contributed by atoms with Crippen LogP contribution in [0.3, 0.4) is 0 Å². The van der Waals surface area contributed by atoms with Gasteiger partial charge in [0.25, 0.3) is 0 Å². The van der Waals surface area contributed by atoms with Crippen LogP contribution in [-0.2, 0) is 10.0 Å². The van der Waals surface area contributed by atoms with E-state index in [1.165, 1.54) is 0 Å². The summed E-state index contributed by atoms with van der Waals surface area (Å²) in [5.74, 6) is -0.117. The maximum Gasteiger partial charge on any atom is 0.232 e. The first-order chi connectivity index (χ1) is 15.4. The van der Waals surface area contributed by atoms with Crippen molar-refractivity contribution < 1.29 is 13.2 Å². The number of carbonyl (C=O) groups excluding carboxylic acids is 1. The predicted molar refractivity (Wildman–Crippen MR) is 125 cm³/mol. The second-order valence-corrected chi connectivity index (χ2v) is 9.51. The van der Waals surface area contributed by atoms with Crippen LogP contribution in [0.4, 0.5) is 5.69 Å². The summed E-state index contributed by atoms with van der Waals surface area (Å²) in [6, 6.07) is 16.3. The number of hydrogen-bond acceptors (Lipinski definition) is 5. The Kier molecular flexibility index (Phi) is 6.05. The molecule has 32 heavy (non-hydrogen) atoms. The number of aromatic nitrogens is 3. The molecule has 0 amide bonds. The van der Waals surface area contributed by atoms with Gasteiger partial charge in [-0.15, -0.1) is 0 Å². The van der Waals surface area contributed by atoms with Gasteiger partial charge in [-0.2, -0.15) is 0 Å². The highest BCUT2D eigenvalue weighted by molar-refractivity contribution is 7.92. The molecule has 1 N–H and O–H groups in total. The third kappa shape index (κ3) is 4.55. The first-order valence-electron chi connectivity index (χ1n) is 10.4. The van der Waals surface area contributed by atoms with Crippen molar-refractivity contribution in [3.63, 3.8) is 0 Å². The fourth-order valence-electron chi connectivity index (χ4n) is 3.44. The van der Waals surface area contributed by atoms with E-state index in [0.717, 1.165) is 23.2 Å². The predicted octanol–water partition coefficient (Wildman–Crippen LogP) is 4.48. The van der Waals surface area contributed by atoms with E-state index < -0.39 is 10.0 Å². The summed E-state index contributed by atoms with van der Waals surface area (Å²) >= 11 is 0. The lowest BCUT2D eigenvalue weighted by molar-refractivity contribution is 0.103. The van der Waals surface area contributed by atoms with Crippen LogP contribution in [0.1, 0.15) is 41.4 Å². The Morgan fingerprint density at radius 3 is 2.59 bits per heavy atom. The molecule has 4 aromatic rings. The lowest BCUT2D eigenvalue weighted by atomic mass is 10.1. The third-order valence-corrected chi connectivity index (χ3v) is 6.53. The van der Waals surface area contributed by atoms with Crippen LogP contribution in [0.5, 0.6) is 0 Å². The summed E-state index contributed by atoms with van der Waals surface area (Å²) in [5.41, 5.74) is 4.35. The third-order valence-electron chi connectivity index (χ3n) is 5.16. The number of hydrogen-bond donors (Lipinski definition) is 1. The van der Waals surface area contributed by atoms with Gasteiger partial charge in [-0.3, -0.25) is 13.9 Å². The molecule has 0 fully saturated rings. The summed E-state index contributed by atoms with van der Waals surface area (Å²) in [7, 11) is -3.41. The van der Waals surface area contributed by atoms with Gasteiger partial charge in [0, 0.05) is 23.0 Å². The minimum Gasteiger partial charge on any atom is -0.287 e. The Hall–Kier alpha value is -3.52. The van der Waals surface area contributed by atoms with E-state index in [2.05, 4.69) is 14.7 Å². The lowest BCUT2D eigenvalue weighted by Gasteiger charge is -2.10. The number of sulfonamides is 1. The Balaban J connectivity index is 1.69. The maximum atomic E-state index is 13.0. The summed E-state index contributed by atoms with van der Waals surface area (Å²) in [5, 5.41) is 0.